The molecule has 1 fully saturated rings. The summed E-state index contributed by atoms with van der Waals surface area (Å²) in [4.78, 5) is 16.3. The summed E-state index contributed by atoms with van der Waals surface area (Å²) in [7, 11) is 0. The van der Waals surface area contributed by atoms with Gasteiger partial charge in [0.2, 0.25) is 0 Å². The Hall–Kier alpha value is -1.56. The Morgan fingerprint density at radius 3 is 2.91 bits per heavy atom. The summed E-state index contributed by atoms with van der Waals surface area (Å²) in [6.07, 6.45) is 5.83. The van der Waals surface area contributed by atoms with Gasteiger partial charge >= 0.3 is 5.97 Å². The summed E-state index contributed by atoms with van der Waals surface area (Å²) >= 11 is 1.68. The van der Waals surface area contributed by atoms with Crippen LogP contribution in [0.15, 0.2) is 21.8 Å². The average molecular weight is 337 g/mol. The lowest BCUT2D eigenvalue weighted by Gasteiger charge is -2.12. The molecule has 1 aromatic rings. The fourth-order valence-corrected chi connectivity index (χ4v) is 3.25. The number of nitrogens with zero attached hydrogens (tertiary/aromatic N) is 1. The average Bonchev–Trinajstić information content (AvgIpc) is 3.22. The Balaban J connectivity index is 1.63. The summed E-state index contributed by atoms with van der Waals surface area (Å²) in [6.45, 7) is 4.25. The van der Waals surface area contributed by atoms with Gasteiger partial charge in [-0.3, -0.25) is 4.79 Å². The maximum atomic E-state index is 11.8. The Kier molecular flexibility index (Phi) is 7.93. The predicted octanol–water partition coefficient (Wildman–Crippen LogP) is 3.07. The molecule has 5 nitrogen and oxygen atoms in total. The molecule has 6 heteroatoms. The normalized spacial score (nSPS) is 15.6. The molecular weight excluding hydrogens is 310 g/mol. The number of nitrogens with one attached hydrogen (secondary N) is 2. The van der Waals surface area contributed by atoms with E-state index in [0.717, 1.165) is 38.3 Å². The zero-order valence-electron chi connectivity index (χ0n) is 13.8. The van der Waals surface area contributed by atoms with E-state index in [2.05, 4.69) is 32.5 Å². The third kappa shape index (κ3) is 7.03. The lowest BCUT2D eigenvalue weighted by molar-refractivity contribution is -0.148. The zero-order chi connectivity index (χ0) is 16.3. The largest absolute Gasteiger partial charge is 0.462 e. The molecule has 128 valence electrons. The van der Waals surface area contributed by atoms with Gasteiger partial charge in [-0.05, 0) is 61.4 Å². The highest BCUT2D eigenvalue weighted by Gasteiger charge is 2.18. The van der Waals surface area contributed by atoms with Crippen molar-refractivity contribution in [2.75, 3.05) is 13.1 Å². The Labute approximate surface area is 142 Å². The molecule has 1 aromatic heterocycles. The van der Waals surface area contributed by atoms with Crippen molar-refractivity contribution in [2.24, 2.45) is 4.99 Å². The highest BCUT2D eigenvalue weighted by Crippen LogP contribution is 2.21. The van der Waals surface area contributed by atoms with Gasteiger partial charge < -0.3 is 15.4 Å². The predicted molar refractivity (Wildman–Crippen MR) is 94.7 cm³/mol. The van der Waals surface area contributed by atoms with Gasteiger partial charge in [0.1, 0.15) is 6.10 Å². The maximum Gasteiger partial charge on any atom is 0.306 e. The van der Waals surface area contributed by atoms with Crippen molar-refractivity contribution in [2.45, 2.75) is 58.1 Å². The van der Waals surface area contributed by atoms with Crippen molar-refractivity contribution >= 4 is 23.3 Å². The number of aliphatic imine (C=N–C) groups is 1. The summed E-state index contributed by atoms with van der Waals surface area (Å²) < 4.78 is 5.45. The second-order valence-electron chi connectivity index (χ2n) is 5.75. The molecule has 1 aliphatic carbocycles. The van der Waals surface area contributed by atoms with Crippen molar-refractivity contribution in [1.82, 2.24) is 10.6 Å². The molecule has 1 aliphatic rings. The van der Waals surface area contributed by atoms with Crippen LogP contribution >= 0.6 is 11.3 Å². The Morgan fingerprint density at radius 2 is 2.22 bits per heavy atom. The number of rotatable bonds is 8. The van der Waals surface area contributed by atoms with E-state index in [1.54, 1.807) is 11.3 Å². The first kappa shape index (κ1) is 17.8. The number of thiophene rings is 1. The van der Waals surface area contributed by atoms with Crippen molar-refractivity contribution in [3.8, 4) is 0 Å². The molecule has 0 radical (unpaired) electrons. The lowest BCUT2D eigenvalue weighted by atomic mass is 10.3. The highest BCUT2D eigenvalue weighted by atomic mass is 32.1. The zero-order valence-corrected chi connectivity index (χ0v) is 14.7. The lowest BCUT2D eigenvalue weighted by Crippen LogP contribution is -2.37. The molecule has 0 aromatic carbocycles. The van der Waals surface area contributed by atoms with E-state index in [-0.39, 0.29) is 12.1 Å². The van der Waals surface area contributed by atoms with E-state index in [0.29, 0.717) is 13.0 Å². The molecule has 0 aliphatic heterocycles. The molecule has 1 saturated carbocycles. The molecule has 0 bridgehead atoms. The van der Waals surface area contributed by atoms with Gasteiger partial charge in [-0.15, -0.1) is 0 Å². The topological polar surface area (TPSA) is 62.7 Å². The van der Waals surface area contributed by atoms with Gasteiger partial charge in [0.25, 0.3) is 0 Å². The second kappa shape index (κ2) is 10.3. The third-order valence-electron chi connectivity index (χ3n) is 3.79. The third-order valence-corrected chi connectivity index (χ3v) is 4.53. The first-order chi connectivity index (χ1) is 11.3. The fourth-order valence-electron chi connectivity index (χ4n) is 2.59. The second-order valence-corrected chi connectivity index (χ2v) is 6.53. The van der Waals surface area contributed by atoms with Crippen LogP contribution in [0.5, 0.6) is 0 Å². The van der Waals surface area contributed by atoms with Crippen molar-refractivity contribution < 1.29 is 9.53 Å². The first-order valence-electron chi connectivity index (χ1n) is 8.50. The van der Waals surface area contributed by atoms with Crippen LogP contribution in [-0.4, -0.2) is 31.1 Å². The van der Waals surface area contributed by atoms with E-state index in [4.69, 9.17) is 4.74 Å². The molecule has 0 unspecified atom stereocenters. The molecular formula is C17H27N3O2S. The molecule has 0 spiro atoms. The van der Waals surface area contributed by atoms with Crippen LogP contribution in [0, 0.1) is 0 Å². The van der Waals surface area contributed by atoms with E-state index in [1.807, 2.05) is 6.92 Å². The van der Waals surface area contributed by atoms with Crippen molar-refractivity contribution in [1.29, 1.82) is 0 Å². The standard InChI is InChI=1S/C17H27N3O2S/c1-2-18-17(20-12-14-9-11-23-13-14)19-10-5-8-16(21)22-15-6-3-4-7-15/h9,11,13,15H,2-8,10,12H2,1H3,(H2,18,19,20). The molecule has 2 rings (SSSR count). The Morgan fingerprint density at radius 1 is 1.39 bits per heavy atom. The molecule has 0 saturated heterocycles. The van der Waals surface area contributed by atoms with E-state index < -0.39 is 0 Å². The minimum Gasteiger partial charge on any atom is -0.462 e. The summed E-state index contributed by atoms with van der Waals surface area (Å²) in [5.74, 6) is 0.724. The summed E-state index contributed by atoms with van der Waals surface area (Å²) in [5, 5.41) is 10.6. The van der Waals surface area contributed by atoms with Gasteiger partial charge in [0.15, 0.2) is 5.96 Å². The summed E-state index contributed by atoms with van der Waals surface area (Å²) in [6, 6.07) is 2.08. The van der Waals surface area contributed by atoms with Crippen LogP contribution in [0.4, 0.5) is 0 Å². The number of hydrogen-bond donors (Lipinski definition) is 2. The van der Waals surface area contributed by atoms with Crippen molar-refractivity contribution in [3.05, 3.63) is 22.4 Å². The SMILES string of the molecule is CCNC(=NCc1ccsc1)NCCCC(=O)OC1CCCC1. The van der Waals surface area contributed by atoms with Crippen LogP contribution in [0.3, 0.4) is 0 Å². The Bertz CT molecular complexity index is 482. The van der Waals surface area contributed by atoms with E-state index in [9.17, 15) is 4.79 Å². The molecule has 23 heavy (non-hydrogen) atoms. The summed E-state index contributed by atoms with van der Waals surface area (Å²) in [5.41, 5.74) is 1.22. The quantitative estimate of drug-likeness (QED) is 0.331. The van der Waals surface area contributed by atoms with Gasteiger partial charge in [-0.1, -0.05) is 0 Å². The van der Waals surface area contributed by atoms with Crippen molar-refractivity contribution in [3.63, 3.8) is 0 Å². The number of carbonyl (C=O) groups is 1. The van der Waals surface area contributed by atoms with Crippen LogP contribution in [-0.2, 0) is 16.1 Å². The first-order valence-corrected chi connectivity index (χ1v) is 9.45. The maximum absolute atomic E-state index is 11.8. The molecule has 0 atom stereocenters. The molecule has 0 amide bonds. The number of carbonyl (C=O) groups excluding carboxylic acids is 1. The monoisotopic (exact) mass is 337 g/mol. The van der Waals surface area contributed by atoms with Gasteiger partial charge in [-0.2, -0.15) is 11.3 Å². The van der Waals surface area contributed by atoms with Gasteiger partial charge in [0.05, 0.1) is 6.54 Å². The highest BCUT2D eigenvalue weighted by molar-refractivity contribution is 7.07. The number of guanidine groups is 1. The van der Waals surface area contributed by atoms with Crippen LogP contribution < -0.4 is 10.6 Å². The van der Waals surface area contributed by atoms with Gasteiger partial charge in [-0.25, -0.2) is 4.99 Å². The van der Waals surface area contributed by atoms with E-state index >= 15 is 0 Å². The fraction of sp³-hybridized carbons (Fsp3) is 0.647. The van der Waals surface area contributed by atoms with Crippen LogP contribution in [0.1, 0.15) is 51.0 Å². The number of ether oxygens (including phenoxy) is 1. The van der Waals surface area contributed by atoms with Crippen LogP contribution in [0.25, 0.3) is 0 Å². The molecule has 1 heterocycles. The number of esters is 1. The minimum absolute atomic E-state index is 0.0705. The minimum atomic E-state index is -0.0705. The van der Waals surface area contributed by atoms with E-state index in [1.165, 1.54) is 18.4 Å². The number of hydrogen-bond acceptors (Lipinski definition) is 4. The van der Waals surface area contributed by atoms with Gasteiger partial charge in [0, 0.05) is 19.5 Å². The smallest absolute Gasteiger partial charge is 0.306 e. The van der Waals surface area contributed by atoms with Crippen LogP contribution in [0.2, 0.25) is 0 Å². The molecule has 2 N–H and O–H groups in total.